The monoisotopic (exact) mass is 293 g/mol. The van der Waals surface area contributed by atoms with Crippen molar-refractivity contribution in [2.75, 3.05) is 0 Å². The van der Waals surface area contributed by atoms with Crippen LogP contribution in [0.25, 0.3) is 0 Å². The summed E-state index contributed by atoms with van der Waals surface area (Å²) in [5, 5.41) is 0. The highest BCUT2D eigenvalue weighted by Crippen LogP contribution is 2.57. The third-order valence-electron chi connectivity index (χ3n) is 5.97. The molecular formula is C18H31NO2. The molecule has 4 fully saturated rings. The van der Waals surface area contributed by atoms with Crippen molar-refractivity contribution in [2.45, 2.75) is 89.2 Å². The molecule has 0 spiro atoms. The lowest BCUT2D eigenvalue weighted by Crippen LogP contribution is -2.54. The molecule has 4 rings (SSSR count). The van der Waals surface area contributed by atoms with E-state index in [0.717, 1.165) is 49.9 Å². The Bertz CT molecular complexity index is 344. The van der Waals surface area contributed by atoms with Crippen LogP contribution in [-0.2, 0) is 9.53 Å². The van der Waals surface area contributed by atoms with Crippen LogP contribution in [-0.4, -0.2) is 17.6 Å². The summed E-state index contributed by atoms with van der Waals surface area (Å²) in [6.45, 7) is 2.20. The van der Waals surface area contributed by atoms with E-state index in [2.05, 4.69) is 6.92 Å². The molecule has 4 aliphatic rings. The van der Waals surface area contributed by atoms with Gasteiger partial charge in [0.1, 0.15) is 11.6 Å². The van der Waals surface area contributed by atoms with Gasteiger partial charge in [0.2, 0.25) is 0 Å². The number of hydrogen-bond donors (Lipinski definition) is 1. The smallest absolute Gasteiger partial charge is 0.323 e. The molecule has 1 unspecified atom stereocenters. The van der Waals surface area contributed by atoms with Crippen LogP contribution in [0.2, 0.25) is 0 Å². The van der Waals surface area contributed by atoms with Crippen LogP contribution in [0, 0.1) is 17.8 Å². The minimum Gasteiger partial charge on any atom is -0.458 e. The van der Waals surface area contributed by atoms with Crippen molar-refractivity contribution in [1.82, 2.24) is 0 Å². The summed E-state index contributed by atoms with van der Waals surface area (Å²) in [5.41, 5.74) is 5.92. The Hall–Kier alpha value is -0.570. The summed E-state index contributed by atoms with van der Waals surface area (Å²) in [6.07, 6.45) is 12.9. The van der Waals surface area contributed by atoms with Crippen molar-refractivity contribution in [1.29, 1.82) is 0 Å². The van der Waals surface area contributed by atoms with E-state index >= 15 is 0 Å². The topological polar surface area (TPSA) is 52.3 Å². The Kier molecular flexibility index (Phi) is 4.58. The van der Waals surface area contributed by atoms with Gasteiger partial charge in [-0.3, -0.25) is 4.79 Å². The number of hydrogen-bond acceptors (Lipinski definition) is 3. The molecule has 0 saturated heterocycles. The largest absolute Gasteiger partial charge is 0.458 e. The minimum absolute atomic E-state index is 0.131. The molecule has 1 atom stereocenters. The fourth-order valence-corrected chi connectivity index (χ4v) is 5.35. The van der Waals surface area contributed by atoms with E-state index in [1.165, 1.54) is 38.5 Å². The number of rotatable bonds is 7. The van der Waals surface area contributed by atoms with Gasteiger partial charge < -0.3 is 10.5 Å². The van der Waals surface area contributed by atoms with Crippen LogP contribution < -0.4 is 5.73 Å². The van der Waals surface area contributed by atoms with Gasteiger partial charge >= 0.3 is 5.97 Å². The Balaban J connectivity index is 1.50. The number of carbonyl (C=O) groups excluding carboxylic acids is 1. The molecule has 0 amide bonds. The fraction of sp³-hybridized carbons (Fsp3) is 0.944. The summed E-state index contributed by atoms with van der Waals surface area (Å²) in [5.74, 6) is 2.30. The number of carbonyl (C=O) groups is 1. The van der Waals surface area contributed by atoms with Gasteiger partial charge in [-0.05, 0) is 62.7 Å². The van der Waals surface area contributed by atoms with E-state index in [1.54, 1.807) is 0 Å². The molecule has 3 nitrogen and oxygen atoms in total. The molecule has 0 aromatic carbocycles. The average molecular weight is 293 g/mol. The zero-order chi connectivity index (χ0) is 14.9. The molecule has 4 bridgehead atoms. The number of esters is 1. The highest BCUT2D eigenvalue weighted by Gasteiger charge is 2.53. The maximum absolute atomic E-state index is 12.3. The lowest BCUT2D eigenvalue weighted by Gasteiger charge is -2.55. The average Bonchev–Trinajstić information content (AvgIpc) is 2.41. The zero-order valence-electron chi connectivity index (χ0n) is 13.5. The van der Waals surface area contributed by atoms with Crippen LogP contribution in [0.1, 0.15) is 77.6 Å². The number of unbranched alkanes of at least 4 members (excludes halogenated alkanes) is 3. The van der Waals surface area contributed by atoms with Crippen molar-refractivity contribution in [3.63, 3.8) is 0 Å². The molecule has 0 aromatic rings. The van der Waals surface area contributed by atoms with Gasteiger partial charge in [-0.25, -0.2) is 0 Å². The summed E-state index contributed by atoms with van der Waals surface area (Å²) < 4.78 is 6.01. The van der Waals surface area contributed by atoms with E-state index in [9.17, 15) is 4.79 Å². The van der Waals surface area contributed by atoms with E-state index < -0.39 is 6.04 Å². The lowest BCUT2D eigenvalue weighted by atomic mass is 9.54. The highest BCUT2D eigenvalue weighted by atomic mass is 16.6. The van der Waals surface area contributed by atoms with E-state index in [-0.39, 0.29) is 11.6 Å². The van der Waals surface area contributed by atoms with Gasteiger partial charge in [-0.15, -0.1) is 0 Å². The maximum atomic E-state index is 12.3. The number of ether oxygens (including phenoxy) is 1. The van der Waals surface area contributed by atoms with Crippen LogP contribution in [0.3, 0.4) is 0 Å². The summed E-state index contributed by atoms with van der Waals surface area (Å²) >= 11 is 0. The SMILES string of the molecule is CCCCCCC(N)C(=O)OC12CC3CC(CC(C3)C1)C2. The van der Waals surface area contributed by atoms with Gasteiger partial charge in [0, 0.05) is 0 Å². The summed E-state index contributed by atoms with van der Waals surface area (Å²) in [7, 11) is 0. The third-order valence-corrected chi connectivity index (χ3v) is 5.97. The first-order valence-corrected chi connectivity index (χ1v) is 9.08. The molecule has 0 heterocycles. The zero-order valence-corrected chi connectivity index (χ0v) is 13.5. The highest BCUT2D eigenvalue weighted by molar-refractivity contribution is 5.76. The quantitative estimate of drug-likeness (QED) is 0.574. The standard InChI is InChI=1S/C18H31NO2/c1-2-3-4-5-6-16(19)17(20)21-18-10-13-7-14(11-18)9-15(8-13)12-18/h13-16H,2-12,19H2,1H3. The minimum atomic E-state index is -0.408. The first-order valence-electron chi connectivity index (χ1n) is 9.08. The third kappa shape index (κ3) is 3.44. The van der Waals surface area contributed by atoms with Crippen LogP contribution in [0.15, 0.2) is 0 Å². The predicted molar refractivity (Wildman–Crippen MR) is 83.7 cm³/mol. The molecule has 3 heteroatoms. The predicted octanol–water partition coefficient (Wildman–Crippen LogP) is 3.80. The first-order chi connectivity index (χ1) is 10.1. The Morgan fingerprint density at radius 2 is 1.67 bits per heavy atom. The van der Waals surface area contributed by atoms with E-state index in [4.69, 9.17) is 10.5 Å². The van der Waals surface area contributed by atoms with Crippen molar-refractivity contribution < 1.29 is 9.53 Å². The van der Waals surface area contributed by atoms with Crippen LogP contribution in [0.4, 0.5) is 0 Å². The number of nitrogens with two attached hydrogens (primary N) is 1. The molecule has 21 heavy (non-hydrogen) atoms. The summed E-state index contributed by atoms with van der Waals surface area (Å²) in [4.78, 5) is 12.3. The van der Waals surface area contributed by atoms with E-state index in [0.29, 0.717) is 0 Å². The van der Waals surface area contributed by atoms with Gasteiger partial charge in [0.15, 0.2) is 0 Å². The first kappa shape index (κ1) is 15.3. The maximum Gasteiger partial charge on any atom is 0.323 e. The molecule has 0 radical (unpaired) electrons. The molecule has 0 aromatic heterocycles. The van der Waals surface area contributed by atoms with Crippen molar-refractivity contribution >= 4 is 5.97 Å². The van der Waals surface area contributed by atoms with Crippen LogP contribution >= 0.6 is 0 Å². The molecule has 2 N–H and O–H groups in total. The second-order valence-corrected chi connectivity index (χ2v) is 7.98. The second kappa shape index (κ2) is 6.28. The lowest BCUT2D eigenvalue weighted by molar-refractivity contribution is -0.188. The Labute approximate surface area is 129 Å². The van der Waals surface area contributed by atoms with Crippen molar-refractivity contribution in [2.24, 2.45) is 23.5 Å². The molecule has 4 aliphatic carbocycles. The van der Waals surface area contributed by atoms with Crippen molar-refractivity contribution in [3.8, 4) is 0 Å². The normalized spacial score (nSPS) is 38.5. The summed E-state index contributed by atoms with van der Waals surface area (Å²) in [6, 6.07) is -0.408. The van der Waals surface area contributed by atoms with Gasteiger partial charge in [0.05, 0.1) is 0 Å². The Morgan fingerprint density at radius 1 is 1.10 bits per heavy atom. The second-order valence-electron chi connectivity index (χ2n) is 7.98. The van der Waals surface area contributed by atoms with Gasteiger partial charge in [-0.2, -0.15) is 0 Å². The fourth-order valence-electron chi connectivity index (χ4n) is 5.35. The van der Waals surface area contributed by atoms with Crippen LogP contribution in [0.5, 0.6) is 0 Å². The molecule has 120 valence electrons. The molecule has 4 saturated carbocycles. The van der Waals surface area contributed by atoms with Gasteiger partial charge in [-0.1, -0.05) is 32.6 Å². The van der Waals surface area contributed by atoms with Crippen molar-refractivity contribution in [3.05, 3.63) is 0 Å². The van der Waals surface area contributed by atoms with Gasteiger partial charge in [0.25, 0.3) is 0 Å². The molecular weight excluding hydrogens is 262 g/mol. The Morgan fingerprint density at radius 3 is 2.19 bits per heavy atom. The molecule has 0 aliphatic heterocycles. The van der Waals surface area contributed by atoms with E-state index in [1.807, 2.05) is 0 Å².